The zero-order valence-electron chi connectivity index (χ0n) is 12.5. The maximum absolute atomic E-state index is 12.1. The maximum Gasteiger partial charge on any atom is 0.279 e. The number of anilines is 1. The molecule has 1 aromatic rings. The van der Waals surface area contributed by atoms with Gasteiger partial charge in [-0.25, -0.2) is 0 Å². The Morgan fingerprint density at radius 1 is 1.45 bits per heavy atom. The Kier molecular flexibility index (Phi) is 5.33. The molecule has 0 aromatic heterocycles. The van der Waals surface area contributed by atoms with Crippen LogP contribution in [-0.2, 0) is 9.53 Å². The van der Waals surface area contributed by atoms with E-state index in [4.69, 9.17) is 16.3 Å². The lowest BCUT2D eigenvalue weighted by atomic mass is 10.2. The van der Waals surface area contributed by atoms with Gasteiger partial charge in [-0.1, -0.05) is 11.6 Å². The Bertz CT molecular complexity index is 571. The number of benzene rings is 1. The molecule has 0 aliphatic carbocycles. The molecular formula is C14H19ClN3O4+. The van der Waals surface area contributed by atoms with Gasteiger partial charge in [0.25, 0.3) is 11.6 Å². The first-order valence-electron chi connectivity index (χ1n) is 7.08. The van der Waals surface area contributed by atoms with Gasteiger partial charge in [0.15, 0.2) is 6.54 Å². The second-order valence-corrected chi connectivity index (χ2v) is 5.97. The number of hydrogen-bond donors (Lipinski definition) is 2. The van der Waals surface area contributed by atoms with Crippen molar-refractivity contribution in [2.45, 2.75) is 26.1 Å². The Morgan fingerprint density at radius 3 is 2.64 bits per heavy atom. The average molecular weight is 329 g/mol. The van der Waals surface area contributed by atoms with Gasteiger partial charge in [0.05, 0.1) is 15.6 Å². The SMILES string of the molecule is C[C@H]1C[NH+](CC(=O)Nc2ccc([N+](=O)[O-])cc2Cl)C[C@H](C)O1. The number of carbonyl (C=O) groups is 1. The van der Waals surface area contributed by atoms with Crippen LogP contribution in [0.15, 0.2) is 18.2 Å². The molecule has 2 atom stereocenters. The zero-order valence-corrected chi connectivity index (χ0v) is 13.2. The third-order valence-electron chi connectivity index (χ3n) is 3.47. The van der Waals surface area contributed by atoms with E-state index in [2.05, 4.69) is 5.32 Å². The first kappa shape index (κ1) is 16.7. The lowest BCUT2D eigenvalue weighted by Gasteiger charge is -2.31. The minimum atomic E-state index is -0.530. The molecule has 1 heterocycles. The van der Waals surface area contributed by atoms with E-state index in [-0.39, 0.29) is 28.8 Å². The van der Waals surface area contributed by atoms with E-state index in [0.29, 0.717) is 12.2 Å². The molecule has 120 valence electrons. The highest BCUT2D eigenvalue weighted by Gasteiger charge is 2.27. The van der Waals surface area contributed by atoms with Gasteiger partial charge in [0.1, 0.15) is 25.3 Å². The van der Waals surface area contributed by atoms with E-state index in [1.54, 1.807) is 0 Å². The van der Waals surface area contributed by atoms with Crippen molar-refractivity contribution in [2.24, 2.45) is 0 Å². The Hall–Kier alpha value is -1.70. The summed E-state index contributed by atoms with van der Waals surface area (Å²) in [5, 5.41) is 13.5. The molecule has 1 amide bonds. The molecule has 1 fully saturated rings. The lowest BCUT2D eigenvalue weighted by Crippen LogP contribution is -3.16. The fraction of sp³-hybridized carbons (Fsp3) is 0.500. The van der Waals surface area contributed by atoms with E-state index in [1.807, 2.05) is 13.8 Å². The first-order valence-corrected chi connectivity index (χ1v) is 7.45. The molecule has 1 aliphatic heterocycles. The van der Waals surface area contributed by atoms with Gasteiger partial charge >= 0.3 is 0 Å². The largest absolute Gasteiger partial charge is 0.364 e. The van der Waals surface area contributed by atoms with Gasteiger partial charge in [-0.15, -0.1) is 0 Å². The number of morpholine rings is 1. The van der Waals surface area contributed by atoms with Crippen LogP contribution in [0.4, 0.5) is 11.4 Å². The predicted octanol–water partition coefficient (Wildman–Crippen LogP) is 0.879. The second-order valence-electron chi connectivity index (χ2n) is 5.56. The van der Waals surface area contributed by atoms with Crippen LogP contribution in [0.3, 0.4) is 0 Å². The number of halogens is 1. The van der Waals surface area contributed by atoms with Gasteiger partial charge in [0, 0.05) is 12.1 Å². The summed E-state index contributed by atoms with van der Waals surface area (Å²) in [5.41, 5.74) is 0.274. The molecule has 0 unspecified atom stereocenters. The van der Waals surface area contributed by atoms with Crippen LogP contribution in [0.25, 0.3) is 0 Å². The topological polar surface area (TPSA) is 85.9 Å². The predicted molar refractivity (Wildman–Crippen MR) is 82.3 cm³/mol. The lowest BCUT2D eigenvalue weighted by molar-refractivity contribution is -0.907. The van der Waals surface area contributed by atoms with Crippen LogP contribution < -0.4 is 10.2 Å². The van der Waals surface area contributed by atoms with Crippen LogP contribution in [0.2, 0.25) is 5.02 Å². The Labute approximate surface area is 133 Å². The van der Waals surface area contributed by atoms with Crippen molar-refractivity contribution < 1.29 is 19.4 Å². The minimum absolute atomic E-state index is 0.107. The third-order valence-corrected chi connectivity index (χ3v) is 3.78. The van der Waals surface area contributed by atoms with Crippen LogP contribution >= 0.6 is 11.6 Å². The van der Waals surface area contributed by atoms with E-state index in [0.717, 1.165) is 18.0 Å². The van der Waals surface area contributed by atoms with E-state index in [1.165, 1.54) is 18.2 Å². The molecule has 0 saturated carbocycles. The number of nitro benzene ring substituents is 1. The molecule has 2 rings (SSSR count). The van der Waals surface area contributed by atoms with Crippen LogP contribution in [0, 0.1) is 10.1 Å². The summed E-state index contributed by atoms with van der Waals surface area (Å²) >= 11 is 5.96. The number of nitrogens with one attached hydrogen (secondary N) is 2. The zero-order chi connectivity index (χ0) is 16.3. The number of quaternary nitrogens is 1. The van der Waals surface area contributed by atoms with Crippen LogP contribution in [0.5, 0.6) is 0 Å². The molecule has 0 radical (unpaired) electrons. The number of ether oxygens (including phenoxy) is 1. The number of carbonyl (C=O) groups excluding carboxylic acids is 1. The molecule has 0 bridgehead atoms. The van der Waals surface area contributed by atoms with Gasteiger partial charge < -0.3 is 15.0 Å². The molecule has 1 aliphatic rings. The summed E-state index contributed by atoms with van der Waals surface area (Å²) in [4.78, 5) is 23.4. The van der Waals surface area contributed by atoms with Crippen LogP contribution in [-0.4, -0.2) is 42.7 Å². The molecular weight excluding hydrogens is 310 g/mol. The van der Waals surface area contributed by atoms with Crippen molar-refractivity contribution in [1.29, 1.82) is 0 Å². The summed E-state index contributed by atoms with van der Waals surface area (Å²) in [5.74, 6) is -0.174. The summed E-state index contributed by atoms with van der Waals surface area (Å²) in [6.07, 6.45) is 0.240. The maximum atomic E-state index is 12.1. The number of hydrogen-bond acceptors (Lipinski definition) is 4. The van der Waals surface area contributed by atoms with Gasteiger partial charge in [0.2, 0.25) is 0 Å². The normalized spacial score (nSPS) is 24.8. The number of non-ortho nitro benzene ring substituents is 1. The number of rotatable bonds is 4. The van der Waals surface area contributed by atoms with Gasteiger partial charge in [-0.05, 0) is 19.9 Å². The second kappa shape index (κ2) is 7.04. The molecule has 1 aromatic carbocycles. The Balaban J connectivity index is 1.96. The van der Waals surface area contributed by atoms with Crippen molar-refractivity contribution >= 4 is 28.9 Å². The molecule has 1 saturated heterocycles. The summed E-state index contributed by atoms with van der Waals surface area (Å²) in [7, 11) is 0. The fourth-order valence-corrected chi connectivity index (χ4v) is 2.90. The van der Waals surface area contributed by atoms with Gasteiger partial charge in [-0.2, -0.15) is 0 Å². The van der Waals surface area contributed by atoms with E-state index < -0.39 is 4.92 Å². The van der Waals surface area contributed by atoms with Crippen molar-refractivity contribution in [3.63, 3.8) is 0 Å². The summed E-state index contributed by atoms with van der Waals surface area (Å²) in [6, 6.07) is 3.98. The van der Waals surface area contributed by atoms with Crippen molar-refractivity contribution in [2.75, 3.05) is 25.0 Å². The van der Waals surface area contributed by atoms with Crippen molar-refractivity contribution in [3.05, 3.63) is 33.3 Å². The summed E-state index contributed by atoms with van der Waals surface area (Å²) in [6.45, 7) is 5.82. The number of nitrogens with zero attached hydrogens (tertiary/aromatic N) is 1. The quantitative estimate of drug-likeness (QED) is 0.634. The first-order chi connectivity index (χ1) is 10.3. The van der Waals surface area contributed by atoms with E-state index >= 15 is 0 Å². The smallest absolute Gasteiger partial charge is 0.279 e. The molecule has 22 heavy (non-hydrogen) atoms. The monoisotopic (exact) mass is 328 g/mol. The Morgan fingerprint density at radius 2 is 2.09 bits per heavy atom. The highest BCUT2D eigenvalue weighted by Crippen LogP contribution is 2.26. The van der Waals surface area contributed by atoms with Crippen molar-refractivity contribution in [1.82, 2.24) is 0 Å². The summed E-state index contributed by atoms with van der Waals surface area (Å²) < 4.78 is 5.63. The third kappa shape index (κ3) is 4.40. The standard InChI is InChI=1S/C14H18ClN3O4/c1-9-6-17(7-10(2)22-9)8-14(19)16-13-4-3-11(18(20)21)5-12(13)15/h3-5,9-10H,6-8H2,1-2H3,(H,16,19)/p+1/t9-,10-/m0/s1. The highest BCUT2D eigenvalue weighted by atomic mass is 35.5. The molecule has 2 N–H and O–H groups in total. The van der Waals surface area contributed by atoms with Gasteiger partial charge in [-0.3, -0.25) is 14.9 Å². The number of nitro groups is 1. The number of amides is 1. The van der Waals surface area contributed by atoms with E-state index in [9.17, 15) is 14.9 Å². The molecule has 0 spiro atoms. The molecule has 7 nitrogen and oxygen atoms in total. The fourth-order valence-electron chi connectivity index (χ4n) is 2.67. The van der Waals surface area contributed by atoms with Crippen molar-refractivity contribution in [3.8, 4) is 0 Å². The average Bonchev–Trinajstić information content (AvgIpc) is 2.39. The molecule has 8 heteroatoms. The minimum Gasteiger partial charge on any atom is -0.364 e. The highest BCUT2D eigenvalue weighted by molar-refractivity contribution is 6.33. The van der Waals surface area contributed by atoms with Crippen LogP contribution in [0.1, 0.15) is 13.8 Å².